The lowest BCUT2D eigenvalue weighted by Gasteiger charge is -2.23. The van der Waals surface area contributed by atoms with Crippen LogP contribution in [0.2, 0.25) is 0 Å². The molecular formula is C26H23N3O2. The molecule has 1 aliphatic heterocycles. The van der Waals surface area contributed by atoms with Crippen LogP contribution in [-0.2, 0) is 6.42 Å². The molecule has 3 aromatic carbocycles. The number of ether oxygens (including phenoxy) is 1. The zero-order valence-corrected chi connectivity index (χ0v) is 17.6. The number of amides is 1. The van der Waals surface area contributed by atoms with Crippen molar-refractivity contribution in [1.82, 2.24) is 9.97 Å². The Bertz CT molecular complexity index is 1260. The van der Waals surface area contributed by atoms with Gasteiger partial charge in [0.05, 0.1) is 18.5 Å². The molecule has 5 rings (SSSR count). The van der Waals surface area contributed by atoms with E-state index in [4.69, 9.17) is 4.74 Å². The molecular weight excluding hydrogens is 386 g/mol. The quantitative estimate of drug-likeness (QED) is 0.502. The van der Waals surface area contributed by atoms with Gasteiger partial charge < -0.3 is 14.6 Å². The summed E-state index contributed by atoms with van der Waals surface area (Å²) in [5.41, 5.74) is 6.46. The maximum atomic E-state index is 13.6. The molecule has 1 aliphatic rings. The lowest BCUT2D eigenvalue weighted by molar-refractivity contribution is 0.0987. The number of aromatic amines is 1. The van der Waals surface area contributed by atoms with Crippen LogP contribution >= 0.6 is 0 Å². The molecule has 4 aromatic rings. The van der Waals surface area contributed by atoms with Crippen LogP contribution in [0.15, 0.2) is 72.8 Å². The van der Waals surface area contributed by atoms with Crippen molar-refractivity contribution in [3.05, 3.63) is 89.9 Å². The van der Waals surface area contributed by atoms with Crippen molar-refractivity contribution in [2.75, 3.05) is 18.6 Å². The maximum absolute atomic E-state index is 13.6. The normalized spacial score (nSPS) is 12.6. The fraction of sp³-hybridized carbons (Fsp3) is 0.154. The summed E-state index contributed by atoms with van der Waals surface area (Å²) >= 11 is 0. The van der Waals surface area contributed by atoms with Crippen molar-refractivity contribution >= 4 is 11.6 Å². The van der Waals surface area contributed by atoms with E-state index in [9.17, 15) is 4.79 Å². The number of carbonyl (C=O) groups is 1. The molecule has 0 spiro atoms. The predicted octanol–water partition coefficient (Wildman–Crippen LogP) is 5.26. The Morgan fingerprint density at radius 3 is 2.58 bits per heavy atom. The second-order valence-corrected chi connectivity index (χ2v) is 7.65. The number of carbonyl (C=O) groups excluding carboxylic acids is 1. The number of aryl methyl sites for hydroxylation is 1. The number of fused-ring (bicyclic) bond motifs is 3. The molecule has 5 nitrogen and oxygen atoms in total. The fourth-order valence-electron chi connectivity index (χ4n) is 4.24. The topological polar surface area (TPSA) is 58.2 Å². The van der Waals surface area contributed by atoms with Crippen LogP contribution in [0.4, 0.5) is 5.69 Å². The van der Waals surface area contributed by atoms with E-state index in [1.807, 2.05) is 84.6 Å². The Labute approximate surface area is 181 Å². The summed E-state index contributed by atoms with van der Waals surface area (Å²) in [6.45, 7) is 2.54. The van der Waals surface area contributed by atoms with E-state index < -0.39 is 0 Å². The number of para-hydroxylation sites is 1. The number of imidazole rings is 1. The number of nitrogens with zero attached hydrogens (tertiary/aromatic N) is 2. The van der Waals surface area contributed by atoms with Crippen molar-refractivity contribution in [2.24, 2.45) is 0 Å². The third kappa shape index (κ3) is 3.38. The molecule has 0 radical (unpaired) electrons. The summed E-state index contributed by atoms with van der Waals surface area (Å²) in [6, 6.07) is 23.7. The molecule has 1 N–H and O–H groups in total. The van der Waals surface area contributed by atoms with Gasteiger partial charge in [0.1, 0.15) is 11.6 Å². The van der Waals surface area contributed by atoms with E-state index in [0.29, 0.717) is 17.9 Å². The molecule has 1 amide bonds. The number of hydrogen-bond acceptors (Lipinski definition) is 3. The maximum Gasteiger partial charge on any atom is 0.258 e. The molecule has 0 bridgehead atoms. The number of aromatic nitrogens is 2. The first kappa shape index (κ1) is 19.1. The third-order valence-corrected chi connectivity index (χ3v) is 5.71. The standard InChI is InChI=1S/C26H23N3O2/c1-17-27-22-14-15-29(23-11-7-6-10-21(23)25(22)28-17)26(30)19-12-13-20(24(16-19)31-2)18-8-4-3-5-9-18/h3-13,16H,14-15H2,1-2H3,(H,27,28). The molecule has 31 heavy (non-hydrogen) atoms. The van der Waals surface area contributed by atoms with Crippen LogP contribution < -0.4 is 9.64 Å². The van der Waals surface area contributed by atoms with Gasteiger partial charge >= 0.3 is 0 Å². The molecule has 0 unspecified atom stereocenters. The van der Waals surface area contributed by atoms with Crippen LogP contribution in [-0.4, -0.2) is 29.5 Å². The van der Waals surface area contributed by atoms with E-state index >= 15 is 0 Å². The van der Waals surface area contributed by atoms with Crippen molar-refractivity contribution in [3.8, 4) is 28.1 Å². The largest absolute Gasteiger partial charge is 0.496 e. The summed E-state index contributed by atoms with van der Waals surface area (Å²) < 4.78 is 5.64. The smallest absolute Gasteiger partial charge is 0.258 e. The Balaban J connectivity index is 1.54. The van der Waals surface area contributed by atoms with Crippen LogP contribution in [0.5, 0.6) is 5.75 Å². The molecule has 0 aliphatic carbocycles. The summed E-state index contributed by atoms with van der Waals surface area (Å²) in [7, 11) is 1.64. The van der Waals surface area contributed by atoms with Crippen LogP contribution in [0.1, 0.15) is 21.9 Å². The van der Waals surface area contributed by atoms with E-state index in [-0.39, 0.29) is 5.91 Å². The molecule has 5 heteroatoms. The molecule has 0 atom stereocenters. The average Bonchev–Trinajstić information content (AvgIpc) is 3.12. The zero-order chi connectivity index (χ0) is 21.4. The SMILES string of the molecule is COc1cc(C(=O)N2CCc3[nH]c(C)nc3-c3ccccc32)ccc1-c1ccccc1. The van der Waals surface area contributed by atoms with Gasteiger partial charge in [-0.05, 0) is 36.8 Å². The van der Waals surface area contributed by atoms with Gasteiger partial charge in [0, 0.05) is 35.3 Å². The van der Waals surface area contributed by atoms with Crippen LogP contribution in [0, 0.1) is 6.92 Å². The number of methoxy groups -OCH3 is 1. The minimum atomic E-state index is -0.0489. The van der Waals surface area contributed by atoms with Crippen molar-refractivity contribution in [3.63, 3.8) is 0 Å². The van der Waals surface area contributed by atoms with Gasteiger partial charge in [-0.15, -0.1) is 0 Å². The first-order valence-electron chi connectivity index (χ1n) is 10.4. The zero-order valence-electron chi connectivity index (χ0n) is 17.6. The molecule has 0 fully saturated rings. The number of nitrogens with one attached hydrogen (secondary N) is 1. The summed E-state index contributed by atoms with van der Waals surface area (Å²) in [6.07, 6.45) is 0.718. The third-order valence-electron chi connectivity index (χ3n) is 5.71. The van der Waals surface area contributed by atoms with E-state index in [1.54, 1.807) is 7.11 Å². The minimum Gasteiger partial charge on any atom is -0.496 e. The Morgan fingerprint density at radius 2 is 1.77 bits per heavy atom. The van der Waals surface area contributed by atoms with Crippen LogP contribution in [0.25, 0.3) is 22.4 Å². The van der Waals surface area contributed by atoms with Gasteiger partial charge in [0.2, 0.25) is 0 Å². The fourth-order valence-corrected chi connectivity index (χ4v) is 4.24. The molecule has 2 heterocycles. The predicted molar refractivity (Wildman–Crippen MR) is 123 cm³/mol. The van der Waals surface area contributed by atoms with Gasteiger partial charge in [-0.3, -0.25) is 4.79 Å². The lowest BCUT2D eigenvalue weighted by atomic mass is 10.0. The highest BCUT2D eigenvalue weighted by molar-refractivity contribution is 6.09. The van der Waals surface area contributed by atoms with Crippen molar-refractivity contribution < 1.29 is 9.53 Å². The summed E-state index contributed by atoms with van der Waals surface area (Å²) in [5.74, 6) is 1.52. The molecule has 0 saturated heterocycles. The van der Waals surface area contributed by atoms with Crippen LogP contribution in [0.3, 0.4) is 0 Å². The van der Waals surface area contributed by atoms with Crippen molar-refractivity contribution in [1.29, 1.82) is 0 Å². The van der Waals surface area contributed by atoms with E-state index in [2.05, 4.69) is 9.97 Å². The van der Waals surface area contributed by atoms with Gasteiger partial charge in [-0.25, -0.2) is 4.98 Å². The molecule has 154 valence electrons. The monoisotopic (exact) mass is 409 g/mol. The number of H-pyrrole nitrogens is 1. The van der Waals surface area contributed by atoms with Gasteiger partial charge in [0.25, 0.3) is 5.91 Å². The highest BCUT2D eigenvalue weighted by atomic mass is 16.5. The summed E-state index contributed by atoms with van der Waals surface area (Å²) in [4.78, 5) is 23.5. The number of rotatable bonds is 3. The molecule has 1 aromatic heterocycles. The highest BCUT2D eigenvalue weighted by Crippen LogP contribution is 2.37. The first-order chi connectivity index (χ1) is 15.2. The second kappa shape index (κ2) is 7.76. The summed E-state index contributed by atoms with van der Waals surface area (Å²) in [5, 5.41) is 0. The van der Waals surface area contributed by atoms with Gasteiger partial charge in [-0.2, -0.15) is 0 Å². The average molecular weight is 409 g/mol. The first-order valence-corrected chi connectivity index (χ1v) is 10.4. The van der Waals surface area contributed by atoms with Gasteiger partial charge in [-0.1, -0.05) is 48.5 Å². The highest BCUT2D eigenvalue weighted by Gasteiger charge is 2.27. The Kier molecular flexibility index (Phi) is 4.79. The number of benzene rings is 3. The van der Waals surface area contributed by atoms with E-state index in [0.717, 1.165) is 46.0 Å². The lowest BCUT2D eigenvalue weighted by Crippen LogP contribution is -2.32. The van der Waals surface area contributed by atoms with E-state index in [1.165, 1.54) is 0 Å². The van der Waals surface area contributed by atoms with Crippen molar-refractivity contribution in [2.45, 2.75) is 13.3 Å². The second-order valence-electron chi connectivity index (χ2n) is 7.65. The number of hydrogen-bond donors (Lipinski definition) is 1. The Morgan fingerprint density at radius 1 is 1.00 bits per heavy atom. The number of anilines is 1. The minimum absolute atomic E-state index is 0.0489. The molecule has 0 saturated carbocycles. The van der Waals surface area contributed by atoms with Gasteiger partial charge in [0.15, 0.2) is 0 Å². The Hall–Kier alpha value is -3.86.